The fraction of sp³-hybridized carbons (Fsp3) is 0.130. The molecule has 3 aromatic carbocycles. The Hall–Kier alpha value is -3.85. The number of sulfonamides is 1. The molecular formula is C23H24N4O4S. The minimum absolute atomic E-state index is 0.0384. The number of hydrogen-bond donors (Lipinski definition) is 3. The van der Waals surface area contributed by atoms with Crippen LogP contribution in [0.3, 0.4) is 0 Å². The van der Waals surface area contributed by atoms with Crippen molar-refractivity contribution in [1.82, 2.24) is 5.32 Å². The van der Waals surface area contributed by atoms with Crippen molar-refractivity contribution in [2.45, 2.75) is 17.4 Å². The quantitative estimate of drug-likeness (QED) is 0.486. The van der Waals surface area contributed by atoms with Crippen LogP contribution in [0, 0.1) is 0 Å². The van der Waals surface area contributed by atoms with Crippen LogP contribution in [0.4, 0.5) is 16.2 Å². The van der Waals surface area contributed by atoms with E-state index in [0.717, 1.165) is 5.56 Å². The van der Waals surface area contributed by atoms with Gasteiger partial charge in [0, 0.05) is 12.7 Å². The van der Waals surface area contributed by atoms with Crippen LogP contribution in [0.15, 0.2) is 89.8 Å². The van der Waals surface area contributed by atoms with Crippen molar-refractivity contribution in [2.75, 3.05) is 16.7 Å². The van der Waals surface area contributed by atoms with Gasteiger partial charge in [-0.1, -0.05) is 54.6 Å². The van der Waals surface area contributed by atoms with Crippen molar-refractivity contribution in [3.63, 3.8) is 0 Å². The van der Waals surface area contributed by atoms with E-state index in [1.165, 1.54) is 23.5 Å². The lowest BCUT2D eigenvalue weighted by Gasteiger charge is -2.20. The SMILES string of the molecule is CN(c1ccccc1)S(=O)(=O)c1cccc(NC(=O)CC(NC(N)=O)c2ccccc2)c1. The maximum Gasteiger partial charge on any atom is 0.312 e. The standard InChI is InChI=1S/C23H24N4O4S/c1-27(19-12-6-3-7-13-19)32(30,31)20-14-8-11-18(15-20)25-22(28)16-21(26-23(24)29)17-9-4-2-5-10-17/h2-15,21H,16H2,1H3,(H,25,28)(H3,24,26,29). The summed E-state index contributed by atoms with van der Waals surface area (Å²) < 4.78 is 27.2. The Bertz CT molecular complexity index is 1180. The molecular weight excluding hydrogens is 428 g/mol. The predicted octanol–water partition coefficient (Wildman–Crippen LogP) is 3.25. The van der Waals surface area contributed by atoms with Crippen LogP contribution in [0.2, 0.25) is 0 Å². The molecule has 1 unspecified atom stereocenters. The Balaban J connectivity index is 1.76. The van der Waals surface area contributed by atoms with Gasteiger partial charge in [0.2, 0.25) is 5.91 Å². The van der Waals surface area contributed by atoms with Crippen LogP contribution >= 0.6 is 0 Å². The number of rotatable bonds is 8. The molecule has 32 heavy (non-hydrogen) atoms. The molecule has 0 saturated heterocycles. The zero-order valence-corrected chi connectivity index (χ0v) is 18.2. The molecule has 0 heterocycles. The fourth-order valence-corrected chi connectivity index (χ4v) is 4.42. The second kappa shape index (κ2) is 9.97. The van der Waals surface area contributed by atoms with Gasteiger partial charge in [-0.2, -0.15) is 0 Å². The number of primary amides is 1. The topological polar surface area (TPSA) is 122 Å². The summed E-state index contributed by atoms with van der Waals surface area (Å²) in [5.41, 5.74) is 6.82. The smallest absolute Gasteiger partial charge is 0.312 e. The zero-order valence-electron chi connectivity index (χ0n) is 17.4. The Morgan fingerprint density at radius 3 is 2.19 bits per heavy atom. The van der Waals surface area contributed by atoms with Gasteiger partial charge < -0.3 is 16.4 Å². The van der Waals surface area contributed by atoms with E-state index in [1.54, 1.807) is 66.7 Å². The highest BCUT2D eigenvalue weighted by Crippen LogP contribution is 2.24. The minimum Gasteiger partial charge on any atom is -0.352 e. The maximum atomic E-state index is 13.0. The third-order valence-corrected chi connectivity index (χ3v) is 6.59. The number of anilines is 2. The van der Waals surface area contributed by atoms with Crippen molar-refractivity contribution < 1.29 is 18.0 Å². The van der Waals surface area contributed by atoms with Gasteiger partial charge in [0.05, 0.1) is 23.0 Å². The van der Waals surface area contributed by atoms with Crippen molar-refractivity contribution >= 4 is 33.3 Å². The maximum absolute atomic E-state index is 13.0. The van der Waals surface area contributed by atoms with E-state index < -0.39 is 28.0 Å². The summed E-state index contributed by atoms with van der Waals surface area (Å²) in [4.78, 5) is 24.0. The first-order chi connectivity index (χ1) is 15.3. The number of amides is 3. The van der Waals surface area contributed by atoms with Crippen molar-refractivity contribution in [1.29, 1.82) is 0 Å². The van der Waals surface area contributed by atoms with Gasteiger partial charge in [-0.25, -0.2) is 13.2 Å². The summed E-state index contributed by atoms with van der Waals surface area (Å²) in [6.07, 6.45) is -0.0755. The van der Waals surface area contributed by atoms with Gasteiger partial charge in [0.15, 0.2) is 0 Å². The highest BCUT2D eigenvalue weighted by molar-refractivity contribution is 7.92. The van der Waals surface area contributed by atoms with Crippen molar-refractivity contribution in [3.8, 4) is 0 Å². The van der Waals surface area contributed by atoms with E-state index in [4.69, 9.17) is 5.73 Å². The lowest BCUT2D eigenvalue weighted by Crippen LogP contribution is -2.35. The molecule has 9 heteroatoms. The number of carbonyl (C=O) groups is 2. The van der Waals surface area contributed by atoms with E-state index in [1.807, 2.05) is 6.07 Å². The van der Waals surface area contributed by atoms with E-state index >= 15 is 0 Å². The average Bonchev–Trinajstić information content (AvgIpc) is 2.79. The molecule has 0 aliphatic heterocycles. The van der Waals surface area contributed by atoms with Gasteiger partial charge in [-0.05, 0) is 35.9 Å². The fourth-order valence-electron chi connectivity index (χ4n) is 3.18. The monoisotopic (exact) mass is 452 g/mol. The molecule has 4 N–H and O–H groups in total. The molecule has 3 aromatic rings. The molecule has 3 rings (SSSR count). The first-order valence-electron chi connectivity index (χ1n) is 9.82. The molecule has 0 aromatic heterocycles. The third-order valence-electron chi connectivity index (χ3n) is 4.80. The number of carbonyl (C=O) groups excluding carboxylic acids is 2. The van der Waals surface area contributed by atoms with Crippen LogP contribution in [-0.2, 0) is 14.8 Å². The van der Waals surface area contributed by atoms with Gasteiger partial charge in [0.25, 0.3) is 10.0 Å². The second-order valence-corrected chi connectivity index (χ2v) is 9.03. The molecule has 0 aliphatic rings. The molecule has 0 radical (unpaired) electrons. The second-order valence-electron chi connectivity index (χ2n) is 7.06. The lowest BCUT2D eigenvalue weighted by atomic mass is 10.0. The summed E-state index contributed by atoms with van der Waals surface area (Å²) in [6, 6.07) is 22.3. The molecule has 0 fully saturated rings. The summed E-state index contributed by atoms with van der Waals surface area (Å²) in [6.45, 7) is 0. The highest BCUT2D eigenvalue weighted by Gasteiger charge is 2.22. The van der Waals surface area contributed by atoms with Gasteiger partial charge >= 0.3 is 6.03 Å². The van der Waals surface area contributed by atoms with E-state index in [-0.39, 0.29) is 11.3 Å². The summed E-state index contributed by atoms with van der Waals surface area (Å²) in [5.74, 6) is -0.404. The predicted molar refractivity (Wildman–Crippen MR) is 124 cm³/mol. The van der Waals surface area contributed by atoms with Crippen LogP contribution in [0.25, 0.3) is 0 Å². The van der Waals surface area contributed by atoms with Crippen LogP contribution in [-0.4, -0.2) is 27.4 Å². The summed E-state index contributed by atoms with van der Waals surface area (Å²) in [5, 5.41) is 5.25. The number of benzene rings is 3. The van der Waals surface area contributed by atoms with Gasteiger partial charge in [-0.15, -0.1) is 0 Å². The zero-order chi connectivity index (χ0) is 23.1. The molecule has 0 aliphatic carbocycles. The lowest BCUT2D eigenvalue weighted by molar-refractivity contribution is -0.116. The van der Waals surface area contributed by atoms with Crippen LogP contribution in [0.5, 0.6) is 0 Å². The number of para-hydroxylation sites is 1. The molecule has 0 bridgehead atoms. The Morgan fingerprint density at radius 1 is 0.938 bits per heavy atom. The largest absolute Gasteiger partial charge is 0.352 e. The Morgan fingerprint density at radius 2 is 1.56 bits per heavy atom. The molecule has 1 atom stereocenters. The first-order valence-corrected chi connectivity index (χ1v) is 11.3. The van der Waals surface area contributed by atoms with Crippen molar-refractivity contribution in [3.05, 3.63) is 90.5 Å². The van der Waals surface area contributed by atoms with E-state index in [9.17, 15) is 18.0 Å². The van der Waals surface area contributed by atoms with E-state index in [2.05, 4.69) is 10.6 Å². The number of hydrogen-bond acceptors (Lipinski definition) is 4. The Labute approximate surface area is 187 Å². The van der Waals surface area contributed by atoms with Gasteiger partial charge in [0.1, 0.15) is 0 Å². The third kappa shape index (κ3) is 5.64. The Kier molecular flexibility index (Phi) is 7.11. The number of urea groups is 1. The number of nitrogens with zero attached hydrogens (tertiary/aromatic N) is 1. The number of nitrogens with two attached hydrogens (primary N) is 1. The molecule has 8 nitrogen and oxygen atoms in total. The molecule has 3 amide bonds. The molecule has 166 valence electrons. The molecule has 0 spiro atoms. The normalized spacial score (nSPS) is 11.9. The number of nitrogens with one attached hydrogen (secondary N) is 2. The van der Waals surface area contributed by atoms with Crippen LogP contribution < -0.4 is 20.7 Å². The highest BCUT2D eigenvalue weighted by atomic mass is 32.2. The van der Waals surface area contributed by atoms with Crippen LogP contribution in [0.1, 0.15) is 18.0 Å². The van der Waals surface area contributed by atoms with E-state index in [0.29, 0.717) is 11.4 Å². The minimum atomic E-state index is -3.82. The van der Waals surface area contributed by atoms with Gasteiger partial charge in [-0.3, -0.25) is 9.10 Å². The summed E-state index contributed by atoms with van der Waals surface area (Å²) in [7, 11) is -2.36. The first kappa shape index (κ1) is 22.8. The molecule has 0 saturated carbocycles. The average molecular weight is 453 g/mol. The van der Waals surface area contributed by atoms with Crippen molar-refractivity contribution in [2.24, 2.45) is 5.73 Å². The summed E-state index contributed by atoms with van der Waals surface area (Å²) >= 11 is 0.